The molecule has 0 aromatic heterocycles. The molecule has 0 saturated heterocycles. The summed E-state index contributed by atoms with van der Waals surface area (Å²) in [5, 5.41) is 13.4. The van der Waals surface area contributed by atoms with E-state index in [1.807, 2.05) is 31.2 Å². The van der Waals surface area contributed by atoms with Crippen molar-refractivity contribution in [3.63, 3.8) is 0 Å². The molecule has 0 aliphatic heterocycles. The fraction of sp³-hybridized carbons (Fsp3) is 0.200. The van der Waals surface area contributed by atoms with Gasteiger partial charge >= 0.3 is 0 Å². The van der Waals surface area contributed by atoms with Crippen LogP contribution < -0.4 is 5.32 Å². The summed E-state index contributed by atoms with van der Waals surface area (Å²) >= 11 is 9.67. The van der Waals surface area contributed by atoms with Crippen LogP contribution in [0, 0.1) is 6.92 Å². The molecule has 0 aliphatic carbocycles. The highest BCUT2D eigenvalue weighted by Crippen LogP contribution is 2.31. The number of anilines is 1. The zero-order valence-corrected chi connectivity index (χ0v) is 13.1. The van der Waals surface area contributed by atoms with Gasteiger partial charge in [-0.2, -0.15) is 0 Å². The Bertz CT molecular complexity index is 583. The summed E-state index contributed by atoms with van der Waals surface area (Å²) in [7, 11) is 0. The molecule has 0 bridgehead atoms. The number of nitrogens with one attached hydrogen (secondary N) is 1. The lowest BCUT2D eigenvalue weighted by molar-refractivity contribution is 0.475. The van der Waals surface area contributed by atoms with Gasteiger partial charge in [-0.1, -0.05) is 23.7 Å². The van der Waals surface area contributed by atoms with Crippen molar-refractivity contribution in [1.29, 1.82) is 0 Å². The van der Waals surface area contributed by atoms with Crippen molar-refractivity contribution >= 4 is 33.2 Å². The molecule has 0 fully saturated rings. The minimum atomic E-state index is 0.121. The summed E-state index contributed by atoms with van der Waals surface area (Å²) in [6, 6.07) is 11.2. The van der Waals surface area contributed by atoms with Crippen LogP contribution in [-0.2, 0) is 0 Å². The van der Waals surface area contributed by atoms with E-state index >= 15 is 0 Å². The van der Waals surface area contributed by atoms with Crippen LogP contribution in [0.25, 0.3) is 0 Å². The number of phenolic OH excluding ortho intramolecular Hbond substituents is 1. The highest BCUT2D eigenvalue weighted by molar-refractivity contribution is 9.10. The molecule has 2 rings (SSSR count). The van der Waals surface area contributed by atoms with E-state index in [1.54, 1.807) is 12.1 Å². The molecule has 1 unspecified atom stereocenters. The molecule has 2 aromatic rings. The first-order valence-corrected chi connectivity index (χ1v) is 7.15. The van der Waals surface area contributed by atoms with Gasteiger partial charge in [-0.25, -0.2) is 0 Å². The molecule has 0 spiro atoms. The maximum Gasteiger partial charge on any atom is 0.115 e. The Morgan fingerprint density at radius 3 is 2.47 bits per heavy atom. The Kier molecular flexibility index (Phi) is 4.38. The molecule has 0 radical (unpaired) electrons. The molecule has 4 heteroatoms. The van der Waals surface area contributed by atoms with Crippen LogP contribution in [0.2, 0.25) is 5.02 Å². The maximum absolute atomic E-state index is 9.29. The summed E-state index contributed by atoms with van der Waals surface area (Å²) < 4.78 is 0.986. The summed E-state index contributed by atoms with van der Waals surface area (Å²) in [6.07, 6.45) is 0. The van der Waals surface area contributed by atoms with Gasteiger partial charge in [0.1, 0.15) is 5.75 Å². The number of rotatable bonds is 3. The van der Waals surface area contributed by atoms with Gasteiger partial charge in [-0.3, -0.25) is 0 Å². The fourth-order valence-electron chi connectivity index (χ4n) is 1.84. The number of hydrogen-bond acceptors (Lipinski definition) is 2. The quantitative estimate of drug-likeness (QED) is 0.795. The minimum absolute atomic E-state index is 0.121. The van der Waals surface area contributed by atoms with Gasteiger partial charge in [-0.15, -0.1) is 0 Å². The number of phenols is 1. The molecular weight excluding hydrogens is 326 g/mol. The van der Waals surface area contributed by atoms with E-state index in [4.69, 9.17) is 11.6 Å². The second-order valence-electron chi connectivity index (χ2n) is 4.54. The first-order valence-electron chi connectivity index (χ1n) is 5.98. The van der Waals surface area contributed by atoms with Crippen molar-refractivity contribution in [2.45, 2.75) is 19.9 Å². The van der Waals surface area contributed by atoms with Gasteiger partial charge < -0.3 is 10.4 Å². The Labute approximate surface area is 126 Å². The zero-order valence-electron chi connectivity index (χ0n) is 10.7. The third-order valence-electron chi connectivity index (χ3n) is 3.01. The molecular formula is C15H15BrClNO. The zero-order chi connectivity index (χ0) is 14.0. The van der Waals surface area contributed by atoms with Gasteiger partial charge in [0.25, 0.3) is 0 Å². The standard InChI is InChI=1S/C15H15BrClNO/c1-9-7-13(16)15(8-14(9)17)18-10(2)11-3-5-12(19)6-4-11/h3-8,10,18-19H,1-2H3. The predicted molar refractivity (Wildman–Crippen MR) is 84.0 cm³/mol. The van der Waals surface area contributed by atoms with Crippen LogP contribution in [0.1, 0.15) is 24.1 Å². The average Bonchev–Trinajstić information content (AvgIpc) is 2.36. The summed E-state index contributed by atoms with van der Waals surface area (Å²) in [5.74, 6) is 0.274. The largest absolute Gasteiger partial charge is 0.508 e. The topological polar surface area (TPSA) is 32.3 Å². The van der Waals surface area contributed by atoms with E-state index in [0.29, 0.717) is 0 Å². The lowest BCUT2D eigenvalue weighted by Gasteiger charge is -2.18. The molecule has 100 valence electrons. The SMILES string of the molecule is Cc1cc(Br)c(NC(C)c2ccc(O)cc2)cc1Cl. The Balaban J connectivity index is 2.21. The van der Waals surface area contributed by atoms with Crippen molar-refractivity contribution in [3.8, 4) is 5.75 Å². The van der Waals surface area contributed by atoms with E-state index in [1.165, 1.54) is 0 Å². The second kappa shape index (κ2) is 5.85. The van der Waals surface area contributed by atoms with Gasteiger partial charge in [0.15, 0.2) is 0 Å². The number of aryl methyl sites for hydroxylation is 1. The van der Waals surface area contributed by atoms with Crippen LogP contribution in [0.5, 0.6) is 5.75 Å². The molecule has 1 atom stereocenters. The van der Waals surface area contributed by atoms with Crippen LogP contribution in [0.15, 0.2) is 40.9 Å². The Morgan fingerprint density at radius 1 is 1.21 bits per heavy atom. The van der Waals surface area contributed by atoms with Crippen LogP contribution in [0.3, 0.4) is 0 Å². The second-order valence-corrected chi connectivity index (χ2v) is 5.80. The number of halogens is 2. The molecule has 19 heavy (non-hydrogen) atoms. The van der Waals surface area contributed by atoms with Crippen molar-refractivity contribution in [1.82, 2.24) is 0 Å². The predicted octanol–water partition coefficient (Wildman–Crippen LogP) is 5.29. The number of aromatic hydroxyl groups is 1. The van der Waals surface area contributed by atoms with Crippen LogP contribution in [0.4, 0.5) is 5.69 Å². The van der Waals surface area contributed by atoms with Crippen LogP contribution >= 0.6 is 27.5 Å². The van der Waals surface area contributed by atoms with Crippen LogP contribution in [-0.4, -0.2) is 5.11 Å². The highest BCUT2D eigenvalue weighted by atomic mass is 79.9. The molecule has 2 N–H and O–H groups in total. The van der Waals surface area contributed by atoms with E-state index in [2.05, 4.69) is 28.2 Å². The van der Waals surface area contributed by atoms with Gasteiger partial charge in [0.2, 0.25) is 0 Å². The van der Waals surface area contributed by atoms with Gasteiger partial charge in [0.05, 0.1) is 5.69 Å². The van der Waals surface area contributed by atoms with E-state index in [0.717, 1.165) is 26.3 Å². The fourth-order valence-corrected chi connectivity index (χ4v) is 2.57. The third-order valence-corrected chi connectivity index (χ3v) is 4.08. The first-order chi connectivity index (χ1) is 8.97. The van der Waals surface area contributed by atoms with Gasteiger partial charge in [-0.05, 0) is 65.2 Å². The Hall–Kier alpha value is -1.19. The smallest absolute Gasteiger partial charge is 0.115 e. The number of hydrogen-bond donors (Lipinski definition) is 2. The molecule has 0 heterocycles. The molecule has 2 aromatic carbocycles. The van der Waals surface area contributed by atoms with Crippen molar-refractivity contribution < 1.29 is 5.11 Å². The van der Waals surface area contributed by atoms with E-state index < -0.39 is 0 Å². The summed E-state index contributed by atoms with van der Waals surface area (Å²) in [5.41, 5.74) is 3.09. The third kappa shape index (κ3) is 3.43. The summed E-state index contributed by atoms with van der Waals surface area (Å²) in [4.78, 5) is 0. The van der Waals surface area contributed by atoms with E-state index in [9.17, 15) is 5.11 Å². The highest BCUT2D eigenvalue weighted by Gasteiger charge is 2.09. The summed E-state index contributed by atoms with van der Waals surface area (Å²) in [6.45, 7) is 4.03. The minimum Gasteiger partial charge on any atom is -0.508 e. The normalized spacial score (nSPS) is 12.2. The molecule has 0 amide bonds. The monoisotopic (exact) mass is 339 g/mol. The lowest BCUT2D eigenvalue weighted by Crippen LogP contribution is -2.07. The lowest BCUT2D eigenvalue weighted by atomic mass is 10.1. The number of benzene rings is 2. The van der Waals surface area contributed by atoms with E-state index in [-0.39, 0.29) is 11.8 Å². The maximum atomic E-state index is 9.29. The average molecular weight is 341 g/mol. The first kappa shape index (κ1) is 14.2. The van der Waals surface area contributed by atoms with Crippen molar-refractivity contribution in [2.24, 2.45) is 0 Å². The van der Waals surface area contributed by atoms with Gasteiger partial charge in [0, 0.05) is 15.5 Å². The van der Waals surface area contributed by atoms with Crippen molar-refractivity contribution in [3.05, 3.63) is 57.0 Å². The molecule has 0 saturated carbocycles. The molecule has 2 nitrogen and oxygen atoms in total. The van der Waals surface area contributed by atoms with Crippen molar-refractivity contribution in [2.75, 3.05) is 5.32 Å². The molecule has 0 aliphatic rings. The Morgan fingerprint density at radius 2 is 1.84 bits per heavy atom.